The molecule has 0 fully saturated rings. The molecule has 0 aliphatic carbocycles. The third kappa shape index (κ3) is 2.77. The number of rotatable bonds is 4. The average Bonchev–Trinajstić information content (AvgIpc) is 2.46. The molecule has 0 saturated carbocycles. The summed E-state index contributed by atoms with van der Waals surface area (Å²) in [5.74, 6) is -0.171. The monoisotopic (exact) mass is 386 g/mol. The van der Waals surface area contributed by atoms with E-state index in [0.717, 1.165) is 0 Å². The topological polar surface area (TPSA) is 113 Å². The van der Waals surface area contributed by atoms with Gasteiger partial charge in [-0.25, -0.2) is 8.42 Å². The maximum absolute atomic E-state index is 12.7. The van der Waals surface area contributed by atoms with Crippen LogP contribution in [0.2, 0.25) is 0 Å². The smallest absolute Gasteiger partial charge is 0.331 e. The van der Waals surface area contributed by atoms with Gasteiger partial charge in [0.15, 0.2) is 10.6 Å². The lowest BCUT2D eigenvalue weighted by Crippen LogP contribution is -2.10. The van der Waals surface area contributed by atoms with Crippen molar-refractivity contribution in [1.29, 1.82) is 0 Å². The molecule has 2 aromatic carbocycles. The minimum atomic E-state index is -4.16. The van der Waals surface area contributed by atoms with Gasteiger partial charge in [-0.3, -0.25) is 10.1 Å². The number of hydrogen-bond acceptors (Lipinski definition) is 6. The highest BCUT2D eigenvalue weighted by molar-refractivity contribution is 9.10. The number of nitrogen functional groups attached to an aromatic ring is 1. The van der Waals surface area contributed by atoms with E-state index in [-0.39, 0.29) is 16.3 Å². The first-order chi connectivity index (χ1) is 10.3. The number of nitrogens with two attached hydrogens (primary N) is 1. The second-order valence-corrected chi connectivity index (χ2v) is 7.05. The second kappa shape index (κ2) is 5.93. The Morgan fingerprint density at radius 2 is 1.77 bits per heavy atom. The van der Waals surface area contributed by atoms with Gasteiger partial charge in [0.05, 0.1) is 22.6 Å². The number of nitro groups is 1. The van der Waals surface area contributed by atoms with E-state index >= 15 is 0 Å². The molecule has 2 aromatic rings. The van der Waals surface area contributed by atoms with Gasteiger partial charge < -0.3 is 10.5 Å². The molecule has 0 saturated heterocycles. The second-order valence-electron chi connectivity index (χ2n) is 4.25. The summed E-state index contributed by atoms with van der Waals surface area (Å²) in [5.41, 5.74) is 4.80. The number of ether oxygens (including phenoxy) is 1. The Morgan fingerprint density at radius 1 is 1.18 bits per heavy atom. The van der Waals surface area contributed by atoms with E-state index in [1.807, 2.05) is 0 Å². The highest BCUT2D eigenvalue weighted by Crippen LogP contribution is 2.40. The van der Waals surface area contributed by atoms with Crippen molar-refractivity contribution >= 4 is 37.1 Å². The predicted octanol–water partition coefficient (Wildman–Crippen LogP) is 2.78. The van der Waals surface area contributed by atoms with Crippen LogP contribution in [0.1, 0.15) is 0 Å². The van der Waals surface area contributed by atoms with Gasteiger partial charge in [-0.2, -0.15) is 0 Å². The highest BCUT2D eigenvalue weighted by atomic mass is 79.9. The van der Waals surface area contributed by atoms with Crippen molar-refractivity contribution in [3.8, 4) is 5.75 Å². The molecular weight excluding hydrogens is 376 g/mol. The minimum Gasteiger partial charge on any atom is -0.490 e. The van der Waals surface area contributed by atoms with Crippen LogP contribution in [0, 0.1) is 10.1 Å². The normalized spacial score (nSPS) is 11.2. The highest BCUT2D eigenvalue weighted by Gasteiger charge is 2.33. The number of nitro benzene ring substituents is 1. The van der Waals surface area contributed by atoms with E-state index < -0.39 is 25.3 Å². The van der Waals surface area contributed by atoms with Crippen molar-refractivity contribution in [3.63, 3.8) is 0 Å². The Hall–Kier alpha value is -2.13. The Kier molecular flexibility index (Phi) is 4.38. The van der Waals surface area contributed by atoms with E-state index in [1.54, 1.807) is 0 Å². The molecule has 0 amide bonds. The van der Waals surface area contributed by atoms with Gasteiger partial charge in [-0.05, 0) is 36.4 Å². The van der Waals surface area contributed by atoms with Gasteiger partial charge in [-0.1, -0.05) is 15.9 Å². The molecule has 0 aromatic heterocycles. The van der Waals surface area contributed by atoms with Crippen LogP contribution < -0.4 is 10.5 Å². The SMILES string of the molecule is COc1ccc(N)c(S(=O)(=O)c2ccc(Br)cc2)c1[N+](=O)[O-]. The molecule has 2 rings (SSSR count). The summed E-state index contributed by atoms with van der Waals surface area (Å²) in [4.78, 5) is 9.80. The van der Waals surface area contributed by atoms with Crippen LogP contribution in [-0.2, 0) is 9.84 Å². The maximum atomic E-state index is 12.7. The third-order valence-electron chi connectivity index (χ3n) is 2.92. The number of methoxy groups -OCH3 is 1. The summed E-state index contributed by atoms with van der Waals surface area (Å²) < 4.78 is 31.0. The predicted molar refractivity (Wildman–Crippen MR) is 83.7 cm³/mol. The van der Waals surface area contributed by atoms with Crippen LogP contribution in [0.3, 0.4) is 0 Å². The summed E-state index contributed by atoms with van der Waals surface area (Å²) in [6, 6.07) is 8.24. The summed E-state index contributed by atoms with van der Waals surface area (Å²) in [7, 11) is -2.95. The number of halogens is 1. The van der Waals surface area contributed by atoms with Gasteiger partial charge in [0.2, 0.25) is 9.84 Å². The van der Waals surface area contributed by atoms with Crippen LogP contribution >= 0.6 is 15.9 Å². The molecule has 0 bridgehead atoms. The van der Waals surface area contributed by atoms with Crippen LogP contribution in [0.5, 0.6) is 5.75 Å². The van der Waals surface area contributed by atoms with Gasteiger partial charge in [0.25, 0.3) is 0 Å². The fourth-order valence-corrected chi connectivity index (χ4v) is 3.72. The fraction of sp³-hybridized carbons (Fsp3) is 0.0769. The molecule has 7 nitrogen and oxygen atoms in total. The molecule has 0 radical (unpaired) electrons. The van der Waals surface area contributed by atoms with Crippen LogP contribution in [0.15, 0.2) is 50.7 Å². The molecule has 2 N–H and O–H groups in total. The number of benzene rings is 2. The van der Waals surface area contributed by atoms with E-state index in [0.29, 0.717) is 4.47 Å². The minimum absolute atomic E-state index is 0.0984. The first-order valence-electron chi connectivity index (χ1n) is 5.90. The first kappa shape index (κ1) is 16.2. The molecule has 0 aliphatic rings. The van der Waals surface area contributed by atoms with Crippen LogP contribution in [0.4, 0.5) is 11.4 Å². The Bertz CT molecular complexity index is 834. The lowest BCUT2D eigenvalue weighted by Gasteiger charge is -2.11. The molecule has 0 heterocycles. The van der Waals surface area contributed by atoms with Crippen molar-refractivity contribution in [2.24, 2.45) is 0 Å². The van der Waals surface area contributed by atoms with E-state index in [2.05, 4.69) is 15.9 Å². The van der Waals surface area contributed by atoms with E-state index in [1.165, 1.54) is 43.5 Å². The van der Waals surface area contributed by atoms with Gasteiger partial charge in [0.1, 0.15) is 0 Å². The summed E-state index contributed by atoms with van der Waals surface area (Å²) in [6.07, 6.45) is 0. The molecule has 22 heavy (non-hydrogen) atoms. The lowest BCUT2D eigenvalue weighted by atomic mass is 10.2. The lowest BCUT2D eigenvalue weighted by molar-refractivity contribution is -0.388. The van der Waals surface area contributed by atoms with Crippen molar-refractivity contribution in [2.45, 2.75) is 9.79 Å². The quantitative estimate of drug-likeness (QED) is 0.490. The zero-order valence-electron chi connectivity index (χ0n) is 11.3. The number of anilines is 1. The number of sulfone groups is 1. The molecular formula is C13H11BrN2O5S. The zero-order chi connectivity index (χ0) is 16.5. The van der Waals surface area contributed by atoms with Crippen molar-refractivity contribution < 1.29 is 18.1 Å². The molecule has 0 atom stereocenters. The van der Waals surface area contributed by atoms with Gasteiger partial charge in [-0.15, -0.1) is 0 Å². The molecule has 9 heteroatoms. The first-order valence-corrected chi connectivity index (χ1v) is 8.18. The number of nitrogens with zero attached hydrogens (tertiary/aromatic N) is 1. The molecule has 0 unspecified atom stereocenters. The Labute approximate surface area is 134 Å². The van der Waals surface area contributed by atoms with Crippen molar-refractivity contribution in [1.82, 2.24) is 0 Å². The maximum Gasteiger partial charge on any atom is 0.331 e. The number of hydrogen-bond donors (Lipinski definition) is 1. The zero-order valence-corrected chi connectivity index (χ0v) is 13.7. The van der Waals surface area contributed by atoms with Crippen molar-refractivity contribution in [3.05, 3.63) is 51.0 Å². The van der Waals surface area contributed by atoms with Gasteiger partial charge >= 0.3 is 5.69 Å². The molecule has 0 aliphatic heterocycles. The Balaban J connectivity index is 2.80. The third-order valence-corrected chi connectivity index (χ3v) is 5.31. The van der Waals surface area contributed by atoms with E-state index in [4.69, 9.17) is 10.5 Å². The van der Waals surface area contributed by atoms with E-state index in [9.17, 15) is 18.5 Å². The summed E-state index contributed by atoms with van der Waals surface area (Å²) in [5, 5.41) is 11.3. The average molecular weight is 387 g/mol. The standard InChI is InChI=1S/C13H11BrN2O5S/c1-21-11-7-6-10(15)13(12(11)16(17)18)22(19,20)9-4-2-8(14)3-5-9/h2-7H,15H2,1H3. The fourth-order valence-electron chi connectivity index (χ4n) is 1.92. The van der Waals surface area contributed by atoms with Gasteiger partial charge in [0, 0.05) is 4.47 Å². The summed E-state index contributed by atoms with van der Waals surface area (Å²) in [6.45, 7) is 0. The van der Waals surface area contributed by atoms with Crippen molar-refractivity contribution in [2.75, 3.05) is 12.8 Å². The summed E-state index contributed by atoms with van der Waals surface area (Å²) >= 11 is 3.20. The van der Waals surface area contributed by atoms with Crippen LogP contribution in [0.25, 0.3) is 0 Å². The largest absolute Gasteiger partial charge is 0.490 e. The molecule has 116 valence electrons. The molecule has 0 spiro atoms. The van der Waals surface area contributed by atoms with Crippen LogP contribution in [-0.4, -0.2) is 20.5 Å². The Morgan fingerprint density at radius 3 is 2.27 bits per heavy atom.